The number of esters is 2. The Morgan fingerprint density at radius 1 is 1.20 bits per heavy atom. The molecule has 0 bridgehead atoms. The van der Waals surface area contributed by atoms with Crippen LogP contribution in [-0.4, -0.2) is 36.1 Å². The van der Waals surface area contributed by atoms with E-state index < -0.39 is 34.2 Å². The molecule has 0 aromatic carbocycles. The van der Waals surface area contributed by atoms with E-state index >= 15 is 0 Å². The fraction of sp³-hybridized carbons (Fsp3) is 0.846. The average molecular weight is 287 g/mol. The Morgan fingerprint density at radius 2 is 1.65 bits per heavy atom. The molecule has 0 saturated heterocycles. The van der Waals surface area contributed by atoms with Crippen LogP contribution in [0.5, 0.6) is 0 Å². The van der Waals surface area contributed by atoms with Gasteiger partial charge in [-0.05, 0) is 26.2 Å². The third-order valence-corrected chi connectivity index (χ3v) is 3.50. The predicted octanol–water partition coefficient (Wildman–Crippen LogP) is 1.42. The Kier molecular flexibility index (Phi) is 5.08. The lowest BCUT2D eigenvalue weighted by Gasteiger charge is -2.13. The van der Waals surface area contributed by atoms with Gasteiger partial charge in [0, 0.05) is 4.92 Å². The van der Waals surface area contributed by atoms with E-state index in [0.717, 1.165) is 0 Å². The molecule has 114 valence electrons. The summed E-state index contributed by atoms with van der Waals surface area (Å²) in [4.78, 5) is 34.9. The minimum Gasteiger partial charge on any atom is -0.465 e. The van der Waals surface area contributed by atoms with Crippen molar-refractivity contribution >= 4 is 11.9 Å². The molecule has 1 fully saturated rings. The minimum atomic E-state index is -1.76. The monoisotopic (exact) mass is 287 g/mol. The molecule has 0 aromatic heterocycles. The van der Waals surface area contributed by atoms with Gasteiger partial charge in [-0.25, -0.2) is 0 Å². The van der Waals surface area contributed by atoms with Gasteiger partial charge in [0.25, 0.3) is 0 Å². The molecule has 7 nitrogen and oxygen atoms in total. The summed E-state index contributed by atoms with van der Waals surface area (Å²) in [7, 11) is 0. The Morgan fingerprint density at radius 3 is 1.95 bits per heavy atom. The van der Waals surface area contributed by atoms with E-state index in [1.165, 1.54) is 0 Å². The van der Waals surface area contributed by atoms with Gasteiger partial charge in [0.2, 0.25) is 11.5 Å². The molecule has 1 aliphatic rings. The molecule has 1 aliphatic carbocycles. The summed E-state index contributed by atoms with van der Waals surface area (Å²) in [5.41, 5.74) is -1.76. The summed E-state index contributed by atoms with van der Waals surface area (Å²) in [5.74, 6) is -2.21. The maximum absolute atomic E-state index is 12.1. The predicted molar refractivity (Wildman–Crippen MR) is 69.4 cm³/mol. The zero-order valence-electron chi connectivity index (χ0n) is 12.3. The van der Waals surface area contributed by atoms with Crippen molar-refractivity contribution in [2.45, 2.75) is 40.2 Å². The molecule has 7 heteroatoms. The second-order valence-electron chi connectivity index (χ2n) is 5.28. The summed E-state index contributed by atoms with van der Waals surface area (Å²) in [6, 6.07) is -1.25. The fourth-order valence-corrected chi connectivity index (χ4v) is 2.70. The Hall–Kier alpha value is -1.66. The number of carbonyl (C=O) groups is 2. The molecule has 0 aliphatic heterocycles. The molecule has 0 spiro atoms. The van der Waals surface area contributed by atoms with Crippen LogP contribution in [0.4, 0.5) is 0 Å². The van der Waals surface area contributed by atoms with Crippen LogP contribution in [0.25, 0.3) is 0 Å². The van der Waals surface area contributed by atoms with Gasteiger partial charge in [-0.3, -0.25) is 19.7 Å². The van der Waals surface area contributed by atoms with E-state index in [-0.39, 0.29) is 19.1 Å². The first-order valence-electron chi connectivity index (χ1n) is 6.81. The Bertz CT molecular complexity index is 388. The standard InChI is InChI=1S/C13H21NO6/c1-5-19-11(15)13(12(16)20-6-2)9(7-8(3)4)10(13)14(17)18/h8-10H,5-7H2,1-4H3/t9-,10-/m0/s1. The first kappa shape index (κ1) is 16.4. The van der Waals surface area contributed by atoms with Crippen LogP contribution in [0.1, 0.15) is 34.1 Å². The van der Waals surface area contributed by atoms with Crippen molar-refractivity contribution < 1.29 is 24.0 Å². The van der Waals surface area contributed by atoms with Gasteiger partial charge >= 0.3 is 11.9 Å². The number of carbonyl (C=O) groups excluding carboxylic acids is 2. The lowest BCUT2D eigenvalue weighted by atomic mass is 9.97. The molecule has 1 rings (SSSR count). The maximum Gasteiger partial charge on any atom is 0.331 e. The second-order valence-corrected chi connectivity index (χ2v) is 5.28. The van der Waals surface area contributed by atoms with E-state index in [0.29, 0.717) is 6.42 Å². The fourth-order valence-electron chi connectivity index (χ4n) is 2.70. The summed E-state index contributed by atoms with van der Waals surface area (Å²) in [6.07, 6.45) is 0.406. The van der Waals surface area contributed by atoms with Gasteiger partial charge in [0.15, 0.2) is 0 Å². The topological polar surface area (TPSA) is 95.7 Å². The van der Waals surface area contributed by atoms with Crippen LogP contribution in [0.15, 0.2) is 0 Å². The van der Waals surface area contributed by atoms with Crippen molar-refractivity contribution in [3.05, 3.63) is 10.1 Å². The van der Waals surface area contributed by atoms with Gasteiger partial charge in [0.1, 0.15) is 0 Å². The summed E-state index contributed by atoms with van der Waals surface area (Å²) in [6.45, 7) is 7.10. The number of nitro groups is 1. The van der Waals surface area contributed by atoms with E-state index in [1.807, 2.05) is 13.8 Å². The Balaban J connectivity index is 3.12. The van der Waals surface area contributed by atoms with Crippen LogP contribution >= 0.6 is 0 Å². The molecule has 0 N–H and O–H groups in total. The van der Waals surface area contributed by atoms with E-state index in [4.69, 9.17) is 9.47 Å². The molecule has 1 saturated carbocycles. The normalized spacial score (nSPS) is 23.2. The van der Waals surface area contributed by atoms with Crippen LogP contribution in [0.3, 0.4) is 0 Å². The first-order chi connectivity index (χ1) is 9.33. The van der Waals surface area contributed by atoms with E-state index in [1.54, 1.807) is 13.8 Å². The maximum atomic E-state index is 12.1. The van der Waals surface area contributed by atoms with Gasteiger partial charge in [-0.2, -0.15) is 0 Å². The average Bonchev–Trinajstić information content (AvgIpc) is 2.98. The van der Waals surface area contributed by atoms with Crippen LogP contribution in [0, 0.1) is 27.4 Å². The molecular weight excluding hydrogens is 266 g/mol. The number of nitrogens with zero attached hydrogens (tertiary/aromatic N) is 1. The summed E-state index contributed by atoms with van der Waals surface area (Å²) >= 11 is 0. The van der Waals surface area contributed by atoms with Crippen molar-refractivity contribution in [2.24, 2.45) is 17.3 Å². The number of rotatable bonds is 7. The number of hydrogen-bond acceptors (Lipinski definition) is 6. The molecule has 0 unspecified atom stereocenters. The molecule has 0 radical (unpaired) electrons. The zero-order chi connectivity index (χ0) is 15.5. The minimum absolute atomic E-state index is 0.0683. The van der Waals surface area contributed by atoms with Gasteiger partial charge in [-0.1, -0.05) is 13.8 Å². The summed E-state index contributed by atoms with van der Waals surface area (Å²) < 4.78 is 9.77. The van der Waals surface area contributed by atoms with Crippen molar-refractivity contribution in [3.8, 4) is 0 Å². The van der Waals surface area contributed by atoms with Gasteiger partial charge in [0.05, 0.1) is 19.1 Å². The highest BCUT2D eigenvalue weighted by molar-refractivity contribution is 6.05. The van der Waals surface area contributed by atoms with Crippen LogP contribution in [-0.2, 0) is 19.1 Å². The van der Waals surface area contributed by atoms with Crippen molar-refractivity contribution in [2.75, 3.05) is 13.2 Å². The molecule has 2 atom stereocenters. The Labute approximate surface area is 117 Å². The van der Waals surface area contributed by atoms with E-state index in [9.17, 15) is 19.7 Å². The molecule has 0 heterocycles. The van der Waals surface area contributed by atoms with E-state index in [2.05, 4.69) is 0 Å². The largest absolute Gasteiger partial charge is 0.465 e. The van der Waals surface area contributed by atoms with Crippen molar-refractivity contribution in [3.63, 3.8) is 0 Å². The smallest absolute Gasteiger partial charge is 0.331 e. The molecule has 20 heavy (non-hydrogen) atoms. The molecule has 0 amide bonds. The highest BCUT2D eigenvalue weighted by Gasteiger charge is 2.84. The number of ether oxygens (including phenoxy) is 2. The lowest BCUT2D eigenvalue weighted by molar-refractivity contribution is -0.503. The van der Waals surface area contributed by atoms with Crippen LogP contribution < -0.4 is 0 Å². The van der Waals surface area contributed by atoms with Crippen molar-refractivity contribution in [1.82, 2.24) is 0 Å². The molecule has 0 aromatic rings. The second kappa shape index (κ2) is 6.19. The SMILES string of the molecule is CCOC(=O)C1(C(=O)OCC)[C@@H]([N+](=O)[O-])[C@@H]1CC(C)C. The van der Waals surface area contributed by atoms with Gasteiger partial charge in [-0.15, -0.1) is 0 Å². The molecular formula is C13H21NO6. The lowest BCUT2D eigenvalue weighted by Crippen LogP contribution is -2.35. The summed E-state index contributed by atoms with van der Waals surface area (Å²) in [5, 5.41) is 11.2. The van der Waals surface area contributed by atoms with Crippen LogP contribution in [0.2, 0.25) is 0 Å². The third-order valence-electron chi connectivity index (χ3n) is 3.50. The highest BCUT2D eigenvalue weighted by atomic mass is 16.6. The van der Waals surface area contributed by atoms with Gasteiger partial charge < -0.3 is 9.47 Å². The third kappa shape index (κ3) is 2.62. The highest BCUT2D eigenvalue weighted by Crippen LogP contribution is 2.59. The van der Waals surface area contributed by atoms with Crippen molar-refractivity contribution in [1.29, 1.82) is 0 Å². The first-order valence-corrected chi connectivity index (χ1v) is 6.81. The number of hydrogen-bond donors (Lipinski definition) is 0. The zero-order valence-corrected chi connectivity index (χ0v) is 12.3. The quantitative estimate of drug-likeness (QED) is 0.304.